The normalized spacial score (nSPS) is 50.9. The van der Waals surface area contributed by atoms with Crippen molar-refractivity contribution in [2.75, 3.05) is 0 Å². The Morgan fingerprint density at radius 2 is 2.12 bits per heavy atom. The minimum Gasteiger partial charge on any atom is -0.392 e. The van der Waals surface area contributed by atoms with Gasteiger partial charge < -0.3 is 5.11 Å². The number of hydrogen-bond acceptors (Lipinski definition) is 1. The van der Waals surface area contributed by atoms with Crippen LogP contribution in [0.2, 0.25) is 0 Å². The third-order valence-electron chi connectivity index (χ3n) is 2.24. The molecule has 2 bridgehead atoms. The molecule has 0 amide bonds. The van der Waals surface area contributed by atoms with E-state index in [0.29, 0.717) is 5.92 Å². The molecule has 2 rings (SSSR count). The van der Waals surface area contributed by atoms with Gasteiger partial charge in [-0.15, -0.1) is 0 Å². The highest BCUT2D eigenvalue weighted by Crippen LogP contribution is 2.38. The van der Waals surface area contributed by atoms with Crippen LogP contribution in [0, 0.1) is 11.8 Å². The minimum absolute atomic E-state index is 0.00926. The Bertz CT molecular complexity index is 128. The minimum atomic E-state index is -0.00926. The average molecular weight is 110 g/mol. The zero-order valence-corrected chi connectivity index (χ0v) is 4.75. The molecular weight excluding hydrogens is 100 g/mol. The lowest BCUT2D eigenvalue weighted by atomic mass is 10.1. The smallest absolute Gasteiger partial charge is 0.0608 e. The summed E-state index contributed by atoms with van der Waals surface area (Å²) in [5.41, 5.74) is 0. The van der Waals surface area contributed by atoms with Crippen LogP contribution in [0.5, 0.6) is 0 Å². The number of aliphatic hydroxyl groups excluding tert-OH is 1. The molecule has 8 heavy (non-hydrogen) atoms. The molecule has 1 saturated carbocycles. The molecule has 2 unspecified atom stereocenters. The van der Waals surface area contributed by atoms with E-state index in [-0.39, 0.29) is 6.10 Å². The van der Waals surface area contributed by atoms with Gasteiger partial charge in [-0.05, 0) is 18.8 Å². The van der Waals surface area contributed by atoms with E-state index in [1.807, 2.05) is 0 Å². The van der Waals surface area contributed by atoms with Gasteiger partial charge in [0.2, 0.25) is 0 Å². The Morgan fingerprint density at radius 1 is 1.25 bits per heavy atom. The van der Waals surface area contributed by atoms with Gasteiger partial charge >= 0.3 is 0 Å². The van der Waals surface area contributed by atoms with Gasteiger partial charge in [0, 0.05) is 5.92 Å². The Hall–Kier alpha value is -0.300. The van der Waals surface area contributed by atoms with Crippen molar-refractivity contribution in [1.29, 1.82) is 0 Å². The highest BCUT2D eigenvalue weighted by Gasteiger charge is 2.33. The number of aliphatic hydroxyl groups is 1. The van der Waals surface area contributed by atoms with Gasteiger partial charge in [-0.1, -0.05) is 12.2 Å². The zero-order chi connectivity index (χ0) is 5.56. The first kappa shape index (κ1) is 4.57. The maximum Gasteiger partial charge on any atom is 0.0608 e. The maximum atomic E-state index is 9.17. The third kappa shape index (κ3) is 0.451. The van der Waals surface area contributed by atoms with E-state index >= 15 is 0 Å². The van der Waals surface area contributed by atoms with Crippen molar-refractivity contribution in [3.05, 3.63) is 12.2 Å². The van der Waals surface area contributed by atoms with Crippen molar-refractivity contribution in [3.63, 3.8) is 0 Å². The van der Waals surface area contributed by atoms with Crippen LogP contribution >= 0.6 is 0 Å². The molecule has 0 aliphatic heterocycles. The molecule has 44 valence electrons. The Kier molecular flexibility index (Phi) is 0.770. The second-order valence-corrected chi connectivity index (χ2v) is 2.85. The summed E-state index contributed by atoms with van der Waals surface area (Å²) in [6.07, 6.45) is 6.60. The molecule has 0 aromatic heterocycles. The highest BCUT2D eigenvalue weighted by molar-refractivity contribution is 5.10. The van der Waals surface area contributed by atoms with Crippen molar-refractivity contribution >= 4 is 0 Å². The summed E-state index contributed by atoms with van der Waals surface area (Å²) in [6, 6.07) is 0. The molecule has 1 fully saturated rings. The van der Waals surface area contributed by atoms with Crippen LogP contribution in [0.1, 0.15) is 12.8 Å². The van der Waals surface area contributed by atoms with Gasteiger partial charge in [-0.2, -0.15) is 0 Å². The Labute approximate surface area is 49.0 Å². The van der Waals surface area contributed by atoms with Crippen LogP contribution in [-0.2, 0) is 0 Å². The standard InChI is InChI=1S/C7H10O/c8-7-4-5-1-2-6(7)3-5/h1-2,5-8H,3-4H2/t5?,6?,7-/m0/s1. The van der Waals surface area contributed by atoms with Crippen molar-refractivity contribution in [2.45, 2.75) is 18.9 Å². The van der Waals surface area contributed by atoms with Gasteiger partial charge in [0.05, 0.1) is 6.10 Å². The molecule has 0 aromatic carbocycles. The van der Waals surface area contributed by atoms with Crippen molar-refractivity contribution in [2.24, 2.45) is 11.8 Å². The summed E-state index contributed by atoms with van der Waals surface area (Å²) in [7, 11) is 0. The van der Waals surface area contributed by atoms with Crippen LogP contribution in [-0.4, -0.2) is 11.2 Å². The first-order chi connectivity index (χ1) is 3.86. The molecule has 3 atom stereocenters. The summed E-state index contributed by atoms with van der Waals surface area (Å²) in [6.45, 7) is 0. The van der Waals surface area contributed by atoms with Crippen LogP contribution in [0.15, 0.2) is 12.2 Å². The van der Waals surface area contributed by atoms with Crippen LogP contribution in [0.25, 0.3) is 0 Å². The molecule has 1 nitrogen and oxygen atoms in total. The van der Waals surface area contributed by atoms with Crippen molar-refractivity contribution in [3.8, 4) is 0 Å². The predicted octanol–water partition coefficient (Wildman–Crippen LogP) is 0.943. The predicted molar refractivity (Wildman–Crippen MR) is 31.4 cm³/mol. The summed E-state index contributed by atoms with van der Waals surface area (Å²) < 4.78 is 0. The number of hydrogen-bond donors (Lipinski definition) is 1. The molecule has 2 aliphatic carbocycles. The van der Waals surface area contributed by atoms with Crippen LogP contribution in [0.4, 0.5) is 0 Å². The van der Waals surface area contributed by atoms with E-state index in [1.165, 1.54) is 6.42 Å². The summed E-state index contributed by atoms with van der Waals surface area (Å²) in [5, 5.41) is 9.17. The molecule has 1 N–H and O–H groups in total. The van der Waals surface area contributed by atoms with E-state index in [0.717, 1.165) is 12.3 Å². The van der Waals surface area contributed by atoms with E-state index in [2.05, 4.69) is 12.2 Å². The average Bonchev–Trinajstić information content (AvgIpc) is 2.23. The summed E-state index contributed by atoms with van der Waals surface area (Å²) >= 11 is 0. The molecular formula is C7H10O. The summed E-state index contributed by atoms with van der Waals surface area (Å²) in [4.78, 5) is 0. The Morgan fingerprint density at radius 3 is 2.38 bits per heavy atom. The van der Waals surface area contributed by atoms with E-state index < -0.39 is 0 Å². The van der Waals surface area contributed by atoms with Crippen molar-refractivity contribution < 1.29 is 5.11 Å². The SMILES string of the molecule is O[C@H]1CC2C=CC1C2. The summed E-state index contributed by atoms with van der Waals surface area (Å²) in [5.74, 6) is 1.23. The highest BCUT2D eigenvalue weighted by atomic mass is 16.3. The maximum absolute atomic E-state index is 9.17. The molecule has 0 aromatic rings. The van der Waals surface area contributed by atoms with E-state index in [4.69, 9.17) is 5.11 Å². The first-order valence-corrected chi connectivity index (χ1v) is 3.22. The van der Waals surface area contributed by atoms with Gasteiger partial charge in [0.25, 0.3) is 0 Å². The fourth-order valence-corrected chi connectivity index (χ4v) is 1.75. The quantitative estimate of drug-likeness (QED) is 0.460. The first-order valence-electron chi connectivity index (χ1n) is 3.22. The largest absolute Gasteiger partial charge is 0.392 e. The molecule has 0 saturated heterocycles. The topological polar surface area (TPSA) is 20.2 Å². The van der Waals surface area contributed by atoms with Gasteiger partial charge in [0.15, 0.2) is 0 Å². The van der Waals surface area contributed by atoms with E-state index in [9.17, 15) is 0 Å². The molecule has 1 heteroatoms. The third-order valence-corrected chi connectivity index (χ3v) is 2.24. The molecule has 0 spiro atoms. The molecule has 0 heterocycles. The molecule has 2 aliphatic rings. The van der Waals surface area contributed by atoms with Crippen LogP contribution < -0.4 is 0 Å². The Balaban J connectivity index is 2.23. The zero-order valence-electron chi connectivity index (χ0n) is 4.75. The van der Waals surface area contributed by atoms with Gasteiger partial charge in [-0.25, -0.2) is 0 Å². The second kappa shape index (κ2) is 1.35. The van der Waals surface area contributed by atoms with E-state index in [1.54, 1.807) is 0 Å². The lowest BCUT2D eigenvalue weighted by Crippen LogP contribution is -2.11. The van der Waals surface area contributed by atoms with Gasteiger partial charge in [0.1, 0.15) is 0 Å². The van der Waals surface area contributed by atoms with Crippen LogP contribution in [0.3, 0.4) is 0 Å². The number of rotatable bonds is 0. The van der Waals surface area contributed by atoms with Crippen molar-refractivity contribution in [1.82, 2.24) is 0 Å². The number of fused-ring (bicyclic) bond motifs is 2. The molecule has 0 radical (unpaired) electrons. The lowest BCUT2D eigenvalue weighted by molar-refractivity contribution is 0.148. The monoisotopic (exact) mass is 110 g/mol. The lowest BCUT2D eigenvalue weighted by Gasteiger charge is -2.08. The van der Waals surface area contributed by atoms with Gasteiger partial charge in [-0.3, -0.25) is 0 Å². The fourth-order valence-electron chi connectivity index (χ4n) is 1.75. The fraction of sp³-hybridized carbons (Fsp3) is 0.714. The number of allylic oxidation sites excluding steroid dienone is 1. The second-order valence-electron chi connectivity index (χ2n) is 2.85.